The van der Waals surface area contributed by atoms with Crippen LogP contribution in [-0.4, -0.2) is 18.0 Å². The summed E-state index contributed by atoms with van der Waals surface area (Å²) in [6, 6.07) is 15.0. The second kappa shape index (κ2) is 8.50. The van der Waals surface area contributed by atoms with Crippen molar-refractivity contribution in [3.63, 3.8) is 0 Å². The molecule has 1 aromatic heterocycles. The topological polar surface area (TPSA) is 64.0 Å². The number of sulfonamides is 1. The van der Waals surface area contributed by atoms with Gasteiger partial charge in [-0.05, 0) is 41.2 Å². The summed E-state index contributed by atoms with van der Waals surface area (Å²) in [7, 11) is -3.56. The molecule has 0 saturated heterocycles. The molecule has 27 heavy (non-hydrogen) atoms. The molecular weight excluding hydrogens is 358 g/mol. The fourth-order valence-corrected chi connectivity index (χ4v) is 3.94. The molecule has 2 aromatic carbocycles. The predicted octanol–water partition coefficient (Wildman–Crippen LogP) is 3.92. The minimum absolute atomic E-state index is 0.250. The van der Waals surface area contributed by atoms with Gasteiger partial charge in [-0.25, -0.2) is 18.1 Å². The fraction of sp³-hybridized carbons (Fsp3) is 0.286. The Morgan fingerprint density at radius 1 is 1.07 bits per heavy atom. The number of hydrogen-bond donors (Lipinski definition) is 1. The van der Waals surface area contributed by atoms with Crippen molar-refractivity contribution in [3.05, 3.63) is 83.9 Å². The SMILES string of the molecule is CCC(C)c1ccc(S(=O)(=O)NCc2ccccc2Cn2ccnc2)cc1. The van der Waals surface area contributed by atoms with Gasteiger partial charge in [0.15, 0.2) is 0 Å². The number of benzene rings is 2. The van der Waals surface area contributed by atoms with Crippen LogP contribution in [0.3, 0.4) is 0 Å². The Morgan fingerprint density at radius 3 is 2.41 bits per heavy atom. The Hall–Kier alpha value is -2.44. The van der Waals surface area contributed by atoms with Crippen LogP contribution in [0.5, 0.6) is 0 Å². The van der Waals surface area contributed by atoms with Crippen LogP contribution in [0.25, 0.3) is 0 Å². The van der Waals surface area contributed by atoms with Crippen molar-refractivity contribution in [2.24, 2.45) is 0 Å². The third kappa shape index (κ3) is 4.84. The molecule has 0 saturated carbocycles. The maximum Gasteiger partial charge on any atom is 0.240 e. The van der Waals surface area contributed by atoms with Gasteiger partial charge in [-0.1, -0.05) is 50.2 Å². The summed E-state index contributed by atoms with van der Waals surface area (Å²) in [4.78, 5) is 4.34. The van der Waals surface area contributed by atoms with Gasteiger partial charge in [-0.3, -0.25) is 0 Å². The van der Waals surface area contributed by atoms with E-state index in [4.69, 9.17) is 0 Å². The lowest BCUT2D eigenvalue weighted by molar-refractivity contribution is 0.580. The van der Waals surface area contributed by atoms with E-state index >= 15 is 0 Å². The van der Waals surface area contributed by atoms with Crippen LogP contribution in [0.15, 0.2) is 72.1 Å². The van der Waals surface area contributed by atoms with Gasteiger partial charge in [-0.15, -0.1) is 0 Å². The first kappa shape index (κ1) is 19.3. The van der Waals surface area contributed by atoms with Gasteiger partial charge < -0.3 is 4.57 Å². The van der Waals surface area contributed by atoms with Crippen LogP contribution in [-0.2, 0) is 23.1 Å². The highest BCUT2D eigenvalue weighted by Gasteiger charge is 2.15. The second-order valence-electron chi connectivity index (χ2n) is 6.71. The molecule has 3 rings (SSSR count). The molecule has 1 unspecified atom stereocenters. The summed E-state index contributed by atoms with van der Waals surface area (Å²) in [6.45, 7) is 5.17. The number of nitrogens with zero attached hydrogens (tertiary/aromatic N) is 2. The average molecular weight is 384 g/mol. The third-order valence-corrected chi connectivity index (χ3v) is 6.27. The molecule has 142 valence electrons. The molecule has 0 spiro atoms. The zero-order chi connectivity index (χ0) is 19.3. The molecular formula is C21H25N3O2S. The van der Waals surface area contributed by atoms with Crippen molar-refractivity contribution in [1.29, 1.82) is 0 Å². The molecule has 0 fully saturated rings. The second-order valence-corrected chi connectivity index (χ2v) is 8.47. The molecule has 6 heteroatoms. The molecule has 0 radical (unpaired) electrons. The van der Waals surface area contributed by atoms with Gasteiger partial charge in [0, 0.05) is 25.5 Å². The van der Waals surface area contributed by atoms with Gasteiger partial charge in [0.2, 0.25) is 10.0 Å². The number of rotatable bonds is 8. The van der Waals surface area contributed by atoms with Gasteiger partial charge in [0.05, 0.1) is 11.2 Å². The molecule has 0 amide bonds. The first-order chi connectivity index (χ1) is 13.0. The summed E-state index contributed by atoms with van der Waals surface area (Å²) in [5, 5.41) is 0. The highest BCUT2D eigenvalue weighted by Crippen LogP contribution is 2.20. The highest BCUT2D eigenvalue weighted by atomic mass is 32.2. The number of imidazole rings is 1. The maximum atomic E-state index is 12.7. The summed E-state index contributed by atoms with van der Waals surface area (Å²) in [5.41, 5.74) is 3.17. The lowest BCUT2D eigenvalue weighted by Crippen LogP contribution is -2.24. The Morgan fingerprint density at radius 2 is 1.78 bits per heavy atom. The summed E-state index contributed by atoms with van der Waals surface area (Å²) in [6.07, 6.45) is 6.39. The van der Waals surface area contributed by atoms with E-state index in [1.54, 1.807) is 24.7 Å². The molecule has 0 aliphatic carbocycles. The zero-order valence-electron chi connectivity index (χ0n) is 15.7. The predicted molar refractivity (Wildman–Crippen MR) is 107 cm³/mol. The van der Waals surface area contributed by atoms with Crippen molar-refractivity contribution in [3.8, 4) is 0 Å². The quantitative estimate of drug-likeness (QED) is 0.641. The molecule has 3 aromatic rings. The number of nitrogens with one attached hydrogen (secondary N) is 1. The van der Waals surface area contributed by atoms with Gasteiger partial charge in [-0.2, -0.15) is 0 Å². The largest absolute Gasteiger partial charge is 0.333 e. The van der Waals surface area contributed by atoms with Gasteiger partial charge >= 0.3 is 0 Å². The van der Waals surface area contributed by atoms with Crippen LogP contribution in [0.2, 0.25) is 0 Å². The maximum absolute atomic E-state index is 12.7. The van der Waals surface area contributed by atoms with Gasteiger partial charge in [0.1, 0.15) is 0 Å². The van der Waals surface area contributed by atoms with E-state index in [0.717, 1.165) is 23.1 Å². The van der Waals surface area contributed by atoms with Crippen LogP contribution in [0.1, 0.15) is 42.9 Å². The lowest BCUT2D eigenvalue weighted by atomic mass is 9.99. The van der Waals surface area contributed by atoms with E-state index in [2.05, 4.69) is 23.6 Å². The first-order valence-electron chi connectivity index (χ1n) is 9.11. The van der Waals surface area contributed by atoms with E-state index in [-0.39, 0.29) is 6.54 Å². The first-order valence-corrected chi connectivity index (χ1v) is 10.6. The smallest absolute Gasteiger partial charge is 0.240 e. The summed E-state index contributed by atoms with van der Waals surface area (Å²) in [5.74, 6) is 0.421. The minimum Gasteiger partial charge on any atom is -0.333 e. The molecule has 5 nitrogen and oxygen atoms in total. The standard InChI is InChI=1S/C21H25N3O2S/c1-3-17(2)18-8-10-21(11-9-18)27(25,26)23-14-19-6-4-5-7-20(19)15-24-13-12-22-16-24/h4-13,16-17,23H,3,14-15H2,1-2H3. The Bertz CT molecular complexity index is 965. The average Bonchev–Trinajstić information content (AvgIpc) is 3.20. The Balaban J connectivity index is 1.72. The third-order valence-electron chi connectivity index (χ3n) is 4.85. The van der Waals surface area contributed by atoms with Crippen molar-refractivity contribution in [1.82, 2.24) is 14.3 Å². The van der Waals surface area contributed by atoms with E-state index < -0.39 is 10.0 Å². The molecule has 1 N–H and O–H groups in total. The van der Waals surface area contributed by atoms with Gasteiger partial charge in [0.25, 0.3) is 0 Å². The lowest BCUT2D eigenvalue weighted by Gasteiger charge is -2.13. The summed E-state index contributed by atoms with van der Waals surface area (Å²) >= 11 is 0. The van der Waals surface area contributed by atoms with Crippen molar-refractivity contribution < 1.29 is 8.42 Å². The van der Waals surface area contributed by atoms with Crippen molar-refractivity contribution in [2.45, 2.75) is 44.2 Å². The molecule has 0 bridgehead atoms. The van der Waals surface area contributed by atoms with E-state index in [0.29, 0.717) is 17.4 Å². The monoisotopic (exact) mass is 383 g/mol. The van der Waals surface area contributed by atoms with Crippen molar-refractivity contribution in [2.75, 3.05) is 0 Å². The molecule has 0 aliphatic heterocycles. The Kier molecular flexibility index (Phi) is 6.08. The van der Waals surface area contributed by atoms with Crippen LogP contribution in [0, 0.1) is 0 Å². The molecule has 0 aliphatic rings. The van der Waals surface area contributed by atoms with E-state index in [1.165, 1.54) is 0 Å². The number of hydrogen-bond acceptors (Lipinski definition) is 3. The highest BCUT2D eigenvalue weighted by molar-refractivity contribution is 7.89. The summed E-state index contributed by atoms with van der Waals surface area (Å²) < 4.78 is 30.0. The van der Waals surface area contributed by atoms with Crippen LogP contribution < -0.4 is 4.72 Å². The molecule has 1 atom stereocenters. The van der Waals surface area contributed by atoms with E-state index in [9.17, 15) is 8.42 Å². The number of aromatic nitrogens is 2. The normalized spacial score (nSPS) is 12.8. The van der Waals surface area contributed by atoms with Crippen molar-refractivity contribution >= 4 is 10.0 Å². The van der Waals surface area contributed by atoms with Crippen LogP contribution in [0.4, 0.5) is 0 Å². The molecule has 1 heterocycles. The fourth-order valence-electron chi connectivity index (χ4n) is 2.93. The Labute approximate surface area is 161 Å². The minimum atomic E-state index is -3.56. The zero-order valence-corrected chi connectivity index (χ0v) is 16.5. The van der Waals surface area contributed by atoms with Crippen LogP contribution >= 0.6 is 0 Å². The van der Waals surface area contributed by atoms with E-state index in [1.807, 2.05) is 47.2 Å².